The minimum Gasteiger partial charge on any atom is -0.486 e. The van der Waals surface area contributed by atoms with E-state index in [1.807, 2.05) is 6.07 Å². The molecule has 3 rings (SSSR count). The number of anilines is 1. The van der Waals surface area contributed by atoms with Crippen molar-refractivity contribution in [2.24, 2.45) is 0 Å². The predicted molar refractivity (Wildman–Crippen MR) is 88.3 cm³/mol. The lowest BCUT2D eigenvalue weighted by atomic mass is 10.1. The summed E-state index contributed by atoms with van der Waals surface area (Å²) in [5.74, 6) is 1.66. The standard InChI is InChI=1S/C17H18BrNO2/c1-11-3-5-14(18)10-15(11)19-12(2)13-4-6-16-17(9-13)21-8-7-20-16/h3-6,9-10,12,19H,7-8H2,1-2H3. The average Bonchev–Trinajstić information content (AvgIpc) is 2.50. The molecule has 0 radical (unpaired) electrons. The summed E-state index contributed by atoms with van der Waals surface area (Å²) < 4.78 is 12.3. The van der Waals surface area contributed by atoms with Crippen LogP contribution in [-0.4, -0.2) is 13.2 Å². The number of nitrogens with one attached hydrogen (secondary N) is 1. The van der Waals surface area contributed by atoms with Gasteiger partial charge in [0.05, 0.1) is 0 Å². The van der Waals surface area contributed by atoms with Gasteiger partial charge < -0.3 is 14.8 Å². The molecule has 1 atom stereocenters. The zero-order chi connectivity index (χ0) is 14.8. The molecule has 0 aliphatic carbocycles. The third kappa shape index (κ3) is 3.16. The van der Waals surface area contributed by atoms with E-state index in [0.717, 1.165) is 21.7 Å². The van der Waals surface area contributed by atoms with Gasteiger partial charge in [0, 0.05) is 16.2 Å². The Bertz CT molecular complexity index is 657. The number of hydrogen-bond acceptors (Lipinski definition) is 3. The number of rotatable bonds is 3. The van der Waals surface area contributed by atoms with Gasteiger partial charge in [0.1, 0.15) is 13.2 Å². The van der Waals surface area contributed by atoms with Gasteiger partial charge >= 0.3 is 0 Å². The highest BCUT2D eigenvalue weighted by molar-refractivity contribution is 9.10. The topological polar surface area (TPSA) is 30.5 Å². The zero-order valence-corrected chi connectivity index (χ0v) is 13.7. The van der Waals surface area contributed by atoms with Crippen LogP contribution in [0.2, 0.25) is 0 Å². The van der Waals surface area contributed by atoms with Crippen molar-refractivity contribution in [1.29, 1.82) is 0 Å². The summed E-state index contributed by atoms with van der Waals surface area (Å²) in [6.07, 6.45) is 0. The summed E-state index contributed by atoms with van der Waals surface area (Å²) in [5, 5.41) is 3.55. The first-order valence-electron chi connectivity index (χ1n) is 7.06. The molecule has 3 nitrogen and oxygen atoms in total. The molecule has 0 amide bonds. The maximum absolute atomic E-state index is 5.65. The van der Waals surface area contributed by atoms with Crippen molar-refractivity contribution in [3.63, 3.8) is 0 Å². The van der Waals surface area contributed by atoms with Crippen molar-refractivity contribution in [3.8, 4) is 11.5 Å². The molecular formula is C17H18BrNO2. The second-order valence-corrected chi connectivity index (χ2v) is 6.14. The number of aryl methyl sites for hydroxylation is 1. The Morgan fingerprint density at radius 1 is 1.05 bits per heavy atom. The van der Waals surface area contributed by atoms with Crippen LogP contribution in [0.5, 0.6) is 11.5 Å². The molecule has 0 fully saturated rings. The van der Waals surface area contributed by atoms with Gasteiger partial charge in [-0.25, -0.2) is 0 Å². The van der Waals surface area contributed by atoms with E-state index >= 15 is 0 Å². The fraction of sp³-hybridized carbons (Fsp3) is 0.294. The molecule has 0 aromatic heterocycles. The first-order chi connectivity index (χ1) is 10.1. The van der Waals surface area contributed by atoms with Crippen LogP contribution in [0, 0.1) is 6.92 Å². The van der Waals surface area contributed by atoms with Crippen molar-refractivity contribution in [2.75, 3.05) is 18.5 Å². The Labute approximate surface area is 133 Å². The molecule has 0 bridgehead atoms. The Morgan fingerprint density at radius 3 is 2.62 bits per heavy atom. The van der Waals surface area contributed by atoms with Gasteiger partial charge in [0.15, 0.2) is 11.5 Å². The molecule has 0 saturated carbocycles. The smallest absolute Gasteiger partial charge is 0.161 e. The van der Waals surface area contributed by atoms with Crippen molar-refractivity contribution < 1.29 is 9.47 Å². The first kappa shape index (κ1) is 14.3. The highest BCUT2D eigenvalue weighted by Crippen LogP contribution is 2.34. The SMILES string of the molecule is Cc1ccc(Br)cc1NC(C)c1ccc2c(c1)OCCO2. The fourth-order valence-electron chi connectivity index (χ4n) is 2.40. The molecule has 1 N–H and O–H groups in total. The van der Waals surface area contributed by atoms with Gasteiger partial charge in [0.25, 0.3) is 0 Å². The van der Waals surface area contributed by atoms with Gasteiger partial charge in [-0.3, -0.25) is 0 Å². The van der Waals surface area contributed by atoms with Crippen LogP contribution in [0.4, 0.5) is 5.69 Å². The molecule has 2 aromatic carbocycles. The summed E-state index contributed by atoms with van der Waals surface area (Å²) in [6.45, 7) is 5.48. The number of fused-ring (bicyclic) bond motifs is 1. The summed E-state index contributed by atoms with van der Waals surface area (Å²) in [5.41, 5.74) is 3.54. The maximum atomic E-state index is 5.65. The van der Waals surface area contributed by atoms with E-state index in [9.17, 15) is 0 Å². The second kappa shape index (κ2) is 5.98. The molecule has 1 unspecified atom stereocenters. The molecule has 4 heteroatoms. The van der Waals surface area contributed by atoms with Crippen molar-refractivity contribution >= 4 is 21.6 Å². The van der Waals surface area contributed by atoms with Crippen LogP contribution in [0.25, 0.3) is 0 Å². The van der Waals surface area contributed by atoms with E-state index in [-0.39, 0.29) is 6.04 Å². The lowest BCUT2D eigenvalue weighted by molar-refractivity contribution is 0.171. The van der Waals surface area contributed by atoms with Gasteiger partial charge in [-0.1, -0.05) is 28.1 Å². The van der Waals surface area contributed by atoms with E-state index < -0.39 is 0 Å². The van der Waals surface area contributed by atoms with E-state index in [2.05, 4.69) is 65.4 Å². The first-order valence-corrected chi connectivity index (χ1v) is 7.85. The quantitative estimate of drug-likeness (QED) is 0.872. The van der Waals surface area contributed by atoms with Crippen LogP contribution in [-0.2, 0) is 0 Å². The summed E-state index contributed by atoms with van der Waals surface area (Å²) >= 11 is 3.52. The van der Waals surface area contributed by atoms with Crippen LogP contribution in [0.3, 0.4) is 0 Å². The monoisotopic (exact) mass is 347 g/mol. The molecule has 0 saturated heterocycles. The third-order valence-corrected chi connectivity index (χ3v) is 4.13. The predicted octanol–water partition coefficient (Wildman–Crippen LogP) is 4.70. The van der Waals surface area contributed by atoms with E-state index in [4.69, 9.17) is 9.47 Å². The number of halogens is 1. The molecule has 0 spiro atoms. The zero-order valence-electron chi connectivity index (χ0n) is 12.2. The maximum Gasteiger partial charge on any atom is 0.161 e. The number of hydrogen-bond donors (Lipinski definition) is 1. The van der Waals surface area contributed by atoms with Crippen molar-refractivity contribution in [1.82, 2.24) is 0 Å². The van der Waals surface area contributed by atoms with Crippen LogP contribution >= 0.6 is 15.9 Å². The Balaban J connectivity index is 1.82. The van der Waals surface area contributed by atoms with Gasteiger partial charge in [-0.2, -0.15) is 0 Å². The third-order valence-electron chi connectivity index (χ3n) is 3.64. The van der Waals surface area contributed by atoms with Crippen molar-refractivity contribution in [2.45, 2.75) is 19.9 Å². The lowest BCUT2D eigenvalue weighted by Crippen LogP contribution is -2.16. The highest BCUT2D eigenvalue weighted by Gasteiger charge is 2.14. The molecular weight excluding hydrogens is 330 g/mol. The number of ether oxygens (including phenoxy) is 2. The summed E-state index contributed by atoms with van der Waals surface area (Å²) in [7, 11) is 0. The lowest BCUT2D eigenvalue weighted by Gasteiger charge is -2.22. The Hall–Kier alpha value is -1.68. The van der Waals surface area contributed by atoms with Crippen LogP contribution in [0.15, 0.2) is 40.9 Å². The summed E-state index contributed by atoms with van der Waals surface area (Å²) in [4.78, 5) is 0. The van der Waals surface area contributed by atoms with E-state index in [1.54, 1.807) is 0 Å². The van der Waals surface area contributed by atoms with Gasteiger partial charge in [-0.15, -0.1) is 0 Å². The average molecular weight is 348 g/mol. The fourth-order valence-corrected chi connectivity index (χ4v) is 2.76. The minimum atomic E-state index is 0.189. The normalized spacial score (nSPS) is 14.6. The number of benzene rings is 2. The Morgan fingerprint density at radius 2 is 1.81 bits per heavy atom. The van der Waals surface area contributed by atoms with Gasteiger partial charge in [-0.05, 0) is 49.2 Å². The Kier molecular flexibility index (Phi) is 4.06. The van der Waals surface area contributed by atoms with E-state index in [1.165, 1.54) is 11.1 Å². The van der Waals surface area contributed by atoms with Crippen LogP contribution in [0.1, 0.15) is 24.1 Å². The minimum absolute atomic E-state index is 0.189. The molecule has 1 aliphatic rings. The molecule has 1 heterocycles. The molecule has 110 valence electrons. The molecule has 1 aliphatic heterocycles. The largest absolute Gasteiger partial charge is 0.486 e. The van der Waals surface area contributed by atoms with Crippen molar-refractivity contribution in [3.05, 3.63) is 52.0 Å². The molecule has 21 heavy (non-hydrogen) atoms. The van der Waals surface area contributed by atoms with E-state index in [0.29, 0.717) is 13.2 Å². The van der Waals surface area contributed by atoms with Crippen LogP contribution < -0.4 is 14.8 Å². The highest BCUT2D eigenvalue weighted by atomic mass is 79.9. The second-order valence-electron chi connectivity index (χ2n) is 5.23. The summed E-state index contributed by atoms with van der Waals surface area (Å²) in [6, 6.07) is 12.6. The van der Waals surface area contributed by atoms with Gasteiger partial charge in [0.2, 0.25) is 0 Å². The molecule has 2 aromatic rings.